The van der Waals surface area contributed by atoms with Gasteiger partial charge in [-0.3, -0.25) is 0 Å². The fourth-order valence-electron chi connectivity index (χ4n) is 1.37. The molecule has 0 aromatic rings. The van der Waals surface area contributed by atoms with Gasteiger partial charge in [-0.25, -0.2) is 0 Å². The number of aliphatic hydroxyl groups is 3. The first-order chi connectivity index (χ1) is 6.25. The van der Waals surface area contributed by atoms with Crippen molar-refractivity contribution < 1.29 is 15.3 Å². The summed E-state index contributed by atoms with van der Waals surface area (Å²) < 4.78 is 0. The Morgan fingerprint density at radius 1 is 1.38 bits per heavy atom. The average molecular weight is 187 g/mol. The van der Waals surface area contributed by atoms with Crippen molar-refractivity contribution in [3.05, 3.63) is 12.2 Å². The van der Waals surface area contributed by atoms with Gasteiger partial charge < -0.3 is 20.6 Å². The minimum Gasteiger partial charge on any atom is -0.396 e. The monoisotopic (exact) mass is 187 g/mol. The van der Waals surface area contributed by atoms with Crippen molar-refractivity contribution in [2.45, 2.75) is 31.1 Å². The highest BCUT2D eigenvalue weighted by atomic mass is 16.3. The Morgan fingerprint density at radius 3 is 2.69 bits per heavy atom. The molecule has 0 aromatic carbocycles. The standard InChI is InChI=1S/C9H17NO3/c11-5-3-1-2-4-7-9(13)8(12)6-10-7/h2,4,7-13H,1,3,5-6H2/b4-2+/t7-,8-,9-/m1/s1. The Kier molecular flexibility index (Phi) is 4.38. The van der Waals surface area contributed by atoms with Crippen LogP contribution in [0.4, 0.5) is 0 Å². The molecule has 1 saturated heterocycles. The minimum absolute atomic E-state index is 0.145. The maximum absolute atomic E-state index is 9.40. The molecule has 4 heteroatoms. The molecule has 0 aromatic heterocycles. The summed E-state index contributed by atoms with van der Waals surface area (Å²) in [6.07, 6.45) is 3.93. The molecule has 4 nitrogen and oxygen atoms in total. The van der Waals surface area contributed by atoms with Crippen LogP contribution in [0.5, 0.6) is 0 Å². The topological polar surface area (TPSA) is 72.7 Å². The first kappa shape index (κ1) is 10.7. The molecule has 0 saturated carbocycles. The molecule has 1 aliphatic heterocycles. The van der Waals surface area contributed by atoms with Crippen LogP contribution < -0.4 is 5.32 Å². The molecule has 0 spiro atoms. The lowest BCUT2D eigenvalue weighted by Gasteiger charge is -2.11. The molecule has 0 unspecified atom stereocenters. The SMILES string of the molecule is OCCC/C=C/[C@H]1NC[C@@H](O)[C@@H]1O. The van der Waals surface area contributed by atoms with Gasteiger partial charge in [0.1, 0.15) is 0 Å². The van der Waals surface area contributed by atoms with E-state index in [9.17, 15) is 10.2 Å². The van der Waals surface area contributed by atoms with Crippen LogP contribution in [-0.4, -0.2) is 46.7 Å². The maximum atomic E-state index is 9.40. The number of aliphatic hydroxyl groups excluding tert-OH is 3. The van der Waals surface area contributed by atoms with E-state index in [1.807, 2.05) is 12.2 Å². The van der Waals surface area contributed by atoms with Crippen LogP contribution in [0.1, 0.15) is 12.8 Å². The molecule has 13 heavy (non-hydrogen) atoms. The van der Waals surface area contributed by atoms with Crippen LogP contribution >= 0.6 is 0 Å². The second kappa shape index (κ2) is 5.34. The summed E-state index contributed by atoms with van der Waals surface area (Å²) in [6, 6.07) is -0.145. The zero-order valence-corrected chi connectivity index (χ0v) is 7.56. The lowest BCUT2D eigenvalue weighted by Crippen LogP contribution is -2.30. The van der Waals surface area contributed by atoms with Crippen molar-refractivity contribution in [2.24, 2.45) is 0 Å². The van der Waals surface area contributed by atoms with Crippen molar-refractivity contribution in [1.29, 1.82) is 0 Å². The highest BCUT2D eigenvalue weighted by Gasteiger charge is 2.30. The summed E-state index contributed by atoms with van der Waals surface area (Å²) in [5, 5.41) is 30.1. The van der Waals surface area contributed by atoms with E-state index in [0.717, 1.165) is 12.8 Å². The lowest BCUT2D eigenvalue weighted by atomic mass is 10.1. The van der Waals surface area contributed by atoms with Crippen molar-refractivity contribution >= 4 is 0 Å². The zero-order valence-electron chi connectivity index (χ0n) is 7.56. The van der Waals surface area contributed by atoms with Gasteiger partial charge in [-0.15, -0.1) is 0 Å². The quantitative estimate of drug-likeness (QED) is 0.337. The lowest BCUT2D eigenvalue weighted by molar-refractivity contribution is 0.0476. The van der Waals surface area contributed by atoms with Crippen molar-refractivity contribution in [1.82, 2.24) is 5.32 Å². The Labute approximate surface area is 77.9 Å². The molecule has 1 fully saturated rings. The van der Waals surface area contributed by atoms with Crippen molar-refractivity contribution in [2.75, 3.05) is 13.2 Å². The van der Waals surface area contributed by atoms with Gasteiger partial charge in [0.25, 0.3) is 0 Å². The molecule has 0 aliphatic carbocycles. The molecule has 4 N–H and O–H groups in total. The van der Waals surface area contributed by atoms with Crippen LogP contribution in [0, 0.1) is 0 Å². The van der Waals surface area contributed by atoms with Gasteiger partial charge in [-0.05, 0) is 12.8 Å². The van der Waals surface area contributed by atoms with E-state index in [4.69, 9.17) is 5.11 Å². The number of nitrogens with one attached hydrogen (secondary N) is 1. The molecule has 1 aliphatic rings. The molecule has 1 heterocycles. The highest BCUT2D eigenvalue weighted by molar-refractivity contribution is 5.03. The summed E-state index contributed by atoms with van der Waals surface area (Å²) in [7, 11) is 0. The minimum atomic E-state index is -0.703. The summed E-state index contributed by atoms with van der Waals surface area (Å²) >= 11 is 0. The van der Waals surface area contributed by atoms with E-state index in [1.54, 1.807) is 0 Å². The predicted octanol–water partition coefficient (Wildman–Crippen LogP) is -0.991. The number of β-amino-alcohol motifs (C(OH)–C–C–N with tert-alkyl or cyclic N) is 1. The van der Waals surface area contributed by atoms with E-state index >= 15 is 0 Å². The second-order valence-electron chi connectivity index (χ2n) is 3.29. The smallest absolute Gasteiger partial charge is 0.0999 e. The van der Waals surface area contributed by atoms with Crippen LogP contribution in [0.3, 0.4) is 0 Å². The van der Waals surface area contributed by atoms with Gasteiger partial charge in [0.2, 0.25) is 0 Å². The normalized spacial score (nSPS) is 34.5. The van der Waals surface area contributed by atoms with Gasteiger partial charge in [-0.2, -0.15) is 0 Å². The van der Waals surface area contributed by atoms with Gasteiger partial charge in [-0.1, -0.05) is 12.2 Å². The predicted molar refractivity (Wildman–Crippen MR) is 49.3 cm³/mol. The first-order valence-corrected chi connectivity index (χ1v) is 4.62. The summed E-state index contributed by atoms with van der Waals surface area (Å²) in [5.41, 5.74) is 0. The Bertz CT molecular complexity index is 172. The number of rotatable bonds is 4. The number of allylic oxidation sites excluding steroid dienone is 1. The molecule has 3 atom stereocenters. The Balaban J connectivity index is 2.25. The van der Waals surface area contributed by atoms with Gasteiger partial charge in [0, 0.05) is 13.2 Å². The number of hydrogen-bond donors (Lipinski definition) is 4. The van der Waals surface area contributed by atoms with Crippen LogP contribution in [0.25, 0.3) is 0 Å². The van der Waals surface area contributed by atoms with E-state index in [0.29, 0.717) is 6.54 Å². The van der Waals surface area contributed by atoms with Gasteiger partial charge >= 0.3 is 0 Å². The molecule has 1 rings (SSSR count). The molecular weight excluding hydrogens is 170 g/mol. The van der Waals surface area contributed by atoms with E-state index < -0.39 is 12.2 Å². The van der Waals surface area contributed by atoms with E-state index in [1.165, 1.54) is 0 Å². The third-order valence-corrected chi connectivity index (χ3v) is 2.20. The summed E-state index contributed by atoms with van der Waals surface area (Å²) in [6.45, 7) is 0.629. The first-order valence-electron chi connectivity index (χ1n) is 4.62. The average Bonchev–Trinajstić information content (AvgIpc) is 2.43. The number of hydrogen-bond acceptors (Lipinski definition) is 4. The number of unbranched alkanes of at least 4 members (excludes halogenated alkanes) is 1. The van der Waals surface area contributed by atoms with Gasteiger partial charge in [0.15, 0.2) is 0 Å². The van der Waals surface area contributed by atoms with Crippen molar-refractivity contribution in [3.8, 4) is 0 Å². The second-order valence-corrected chi connectivity index (χ2v) is 3.29. The summed E-state index contributed by atoms with van der Waals surface area (Å²) in [4.78, 5) is 0. The maximum Gasteiger partial charge on any atom is 0.0999 e. The summed E-state index contributed by atoms with van der Waals surface area (Å²) in [5.74, 6) is 0. The third kappa shape index (κ3) is 3.08. The van der Waals surface area contributed by atoms with Gasteiger partial charge in [0.05, 0.1) is 18.2 Å². The molecular formula is C9H17NO3. The molecule has 0 radical (unpaired) electrons. The van der Waals surface area contributed by atoms with Crippen molar-refractivity contribution in [3.63, 3.8) is 0 Å². The van der Waals surface area contributed by atoms with Crippen LogP contribution in [0.15, 0.2) is 12.2 Å². The van der Waals surface area contributed by atoms with Crippen LogP contribution in [-0.2, 0) is 0 Å². The van der Waals surface area contributed by atoms with E-state index in [2.05, 4.69) is 5.32 Å². The zero-order chi connectivity index (χ0) is 9.68. The van der Waals surface area contributed by atoms with E-state index in [-0.39, 0.29) is 12.6 Å². The van der Waals surface area contributed by atoms with Crippen LogP contribution in [0.2, 0.25) is 0 Å². The molecule has 0 amide bonds. The largest absolute Gasteiger partial charge is 0.396 e. The fourth-order valence-corrected chi connectivity index (χ4v) is 1.37. The third-order valence-electron chi connectivity index (χ3n) is 2.20. The Morgan fingerprint density at radius 2 is 2.15 bits per heavy atom. The Hall–Kier alpha value is -0.420. The molecule has 76 valence electrons. The molecule has 0 bridgehead atoms. The highest BCUT2D eigenvalue weighted by Crippen LogP contribution is 2.09. The fraction of sp³-hybridized carbons (Fsp3) is 0.778.